The van der Waals surface area contributed by atoms with Crippen molar-refractivity contribution < 1.29 is 28.6 Å². The average Bonchev–Trinajstić information content (AvgIpc) is 2.31. The van der Waals surface area contributed by atoms with Gasteiger partial charge in [0.05, 0.1) is 12.6 Å². The highest BCUT2D eigenvalue weighted by Crippen LogP contribution is 2.35. The van der Waals surface area contributed by atoms with Gasteiger partial charge in [0, 0.05) is 0 Å². The van der Waals surface area contributed by atoms with Gasteiger partial charge in [0.2, 0.25) is 0 Å². The fraction of sp³-hybridized carbons (Fsp3) is 0.889. The van der Waals surface area contributed by atoms with Gasteiger partial charge in [-0.3, -0.25) is 16.0 Å². The number of hydrogen-bond acceptors (Lipinski definition) is 0. The minimum absolute atomic E-state index is 0. The first kappa shape index (κ1) is 11.1. The lowest BCUT2D eigenvalue weighted by molar-refractivity contribution is -0.557. The number of hydrogen-bond donors (Lipinski definition) is 2. The summed E-state index contributed by atoms with van der Waals surface area (Å²) in [6.07, 6.45) is 6.73. The van der Waals surface area contributed by atoms with Gasteiger partial charge in [-0.2, -0.15) is 0 Å². The summed E-state index contributed by atoms with van der Waals surface area (Å²) in [6.45, 7) is 1.07. The Hall–Kier alpha value is 0. The molecule has 2 aliphatic rings. The molecule has 0 aromatic rings. The normalized spacial score (nSPS) is 28.0. The van der Waals surface area contributed by atoms with Crippen LogP contribution in [0.15, 0.2) is 0 Å². The quantitative estimate of drug-likeness (QED) is 0.313. The second-order valence-corrected chi connectivity index (χ2v) is 4.02. The van der Waals surface area contributed by atoms with Gasteiger partial charge in [0.15, 0.2) is 0 Å². The Balaban J connectivity index is 0.000000845. The molecule has 13 heavy (non-hydrogen) atoms. The summed E-state index contributed by atoms with van der Waals surface area (Å²) in [6, 6.07) is 0.670. The molecule has 0 aromatic heterocycles. The molecule has 2 rings (SSSR count). The highest BCUT2D eigenvalue weighted by molar-refractivity contribution is 5.70. The fourth-order valence-corrected chi connectivity index (χ4v) is 2.43. The zero-order valence-corrected chi connectivity index (χ0v) is 10.0. The van der Waals surface area contributed by atoms with E-state index in [9.17, 15) is 0 Å². The molecule has 1 aliphatic carbocycles. The van der Waals surface area contributed by atoms with Crippen LogP contribution in [-0.4, -0.2) is 23.1 Å². The van der Waals surface area contributed by atoms with Crippen molar-refractivity contribution in [1.29, 1.82) is 0 Å². The van der Waals surface area contributed by atoms with E-state index in [-0.39, 0.29) is 24.0 Å². The van der Waals surface area contributed by atoms with Crippen LogP contribution in [0.1, 0.15) is 32.1 Å². The first-order valence-corrected chi connectivity index (χ1v) is 4.93. The Morgan fingerprint density at radius 1 is 1.08 bits per heavy atom. The third-order valence-electron chi connectivity index (χ3n) is 3.32. The Morgan fingerprint density at radius 2 is 1.77 bits per heavy atom. The summed E-state index contributed by atoms with van der Waals surface area (Å²) in [5.74, 6) is 1.42. The van der Waals surface area contributed by atoms with Crippen molar-refractivity contribution >= 4 is 5.96 Å². The standard InChI is InChI=1S/C9H17N3.HI/c10-9(11)12-6-2-5-8(12)7-3-1-4-7;/h7-8H,1-6H2,(H3,10,11);1H. The number of nitrogens with two attached hydrogens (primary N) is 2. The second kappa shape index (κ2) is 4.48. The molecular formula is C9H18IN3. The molecule has 0 aromatic carbocycles. The van der Waals surface area contributed by atoms with Crippen molar-refractivity contribution in [3.05, 3.63) is 0 Å². The molecule has 0 amide bonds. The Labute approximate surface area is 96.6 Å². The largest absolute Gasteiger partial charge is 1.00 e. The van der Waals surface area contributed by atoms with E-state index in [1.54, 1.807) is 0 Å². The lowest BCUT2D eigenvalue weighted by atomic mass is 9.79. The van der Waals surface area contributed by atoms with Crippen LogP contribution in [0, 0.1) is 5.92 Å². The van der Waals surface area contributed by atoms with Gasteiger partial charge in [-0.15, -0.1) is 0 Å². The lowest BCUT2D eigenvalue weighted by Crippen LogP contribution is -3.00. The zero-order chi connectivity index (χ0) is 8.55. The molecule has 1 saturated heterocycles. The van der Waals surface area contributed by atoms with E-state index < -0.39 is 0 Å². The topological polar surface area (TPSA) is 55.0 Å². The molecule has 1 aliphatic heterocycles. The molecule has 1 saturated carbocycles. The van der Waals surface area contributed by atoms with E-state index in [2.05, 4.69) is 4.58 Å². The van der Waals surface area contributed by atoms with Crippen molar-refractivity contribution in [1.82, 2.24) is 0 Å². The molecule has 4 heteroatoms. The number of rotatable bonds is 1. The zero-order valence-electron chi connectivity index (χ0n) is 7.88. The van der Waals surface area contributed by atoms with E-state index in [0.29, 0.717) is 12.0 Å². The third kappa shape index (κ3) is 2.08. The van der Waals surface area contributed by atoms with E-state index in [4.69, 9.17) is 11.5 Å². The highest BCUT2D eigenvalue weighted by atomic mass is 127. The van der Waals surface area contributed by atoms with Crippen LogP contribution in [0.4, 0.5) is 0 Å². The van der Waals surface area contributed by atoms with Crippen LogP contribution >= 0.6 is 0 Å². The van der Waals surface area contributed by atoms with Gasteiger partial charge >= 0.3 is 5.96 Å². The van der Waals surface area contributed by atoms with Crippen molar-refractivity contribution in [2.45, 2.75) is 38.1 Å². The summed E-state index contributed by atoms with van der Waals surface area (Å²) in [4.78, 5) is 0. The smallest absolute Gasteiger partial charge is 0.341 e. The van der Waals surface area contributed by atoms with Crippen LogP contribution in [0.2, 0.25) is 0 Å². The first-order chi connectivity index (χ1) is 5.79. The molecule has 0 spiro atoms. The molecule has 0 radical (unpaired) electrons. The van der Waals surface area contributed by atoms with Gasteiger partial charge in [0.25, 0.3) is 0 Å². The summed E-state index contributed by atoms with van der Waals surface area (Å²) in [7, 11) is 0. The van der Waals surface area contributed by atoms with Gasteiger partial charge in [-0.05, 0) is 31.6 Å². The Kier molecular flexibility index (Phi) is 3.82. The second-order valence-electron chi connectivity index (χ2n) is 4.02. The monoisotopic (exact) mass is 295 g/mol. The van der Waals surface area contributed by atoms with Crippen molar-refractivity contribution in [2.24, 2.45) is 17.4 Å². The maximum Gasteiger partial charge on any atom is 0.341 e. The molecule has 2 fully saturated rings. The minimum Gasteiger partial charge on any atom is -1.00 e. The summed E-state index contributed by atoms with van der Waals surface area (Å²) >= 11 is 0. The number of nitrogens with zero attached hydrogens (tertiary/aromatic N) is 1. The highest BCUT2D eigenvalue weighted by Gasteiger charge is 2.35. The van der Waals surface area contributed by atoms with Crippen molar-refractivity contribution in [3.63, 3.8) is 0 Å². The Bertz CT molecular complexity index is 207. The van der Waals surface area contributed by atoms with Crippen molar-refractivity contribution in [3.8, 4) is 0 Å². The summed E-state index contributed by atoms with van der Waals surface area (Å²) in [5, 5.41) is 0. The molecular weight excluding hydrogens is 277 g/mol. The predicted octanol–water partition coefficient (Wildman–Crippen LogP) is -2.76. The maximum absolute atomic E-state index is 5.63. The molecule has 4 N–H and O–H groups in total. The third-order valence-corrected chi connectivity index (χ3v) is 3.32. The van der Waals surface area contributed by atoms with Crippen LogP contribution in [0.5, 0.6) is 0 Å². The summed E-state index contributed by atoms with van der Waals surface area (Å²) < 4.78 is 2.20. The van der Waals surface area contributed by atoms with Gasteiger partial charge in [-0.25, -0.2) is 0 Å². The van der Waals surface area contributed by atoms with E-state index in [1.165, 1.54) is 32.1 Å². The van der Waals surface area contributed by atoms with E-state index in [0.717, 1.165) is 12.5 Å². The summed E-state index contributed by atoms with van der Waals surface area (Å²) in [5.41, 5.74) is 11.3. The van der Waals surface area contributed by atoms with Crippen LogP contribution < -0.4 is 35.4 Å². The predicted molar refractivity (Wildman–Crippen MR) is 48.9 cm³/mol. The number of guanidine groups is 1. The molecule has 1 heterocycles. The van der Waals surface area contributed by atoms with Crippen LogP contribution in [0.3, 0.4) is 0 Å². The minimum atomic E-state index is 0. The van der Waals surface area contributed by atoms with Gasteiger partial charge < -0.3 is 24.0 Å². The number of halogens is 1. The fourth-order valence-electron chi connectivity index (χ4n) is 2.43. The van der Waals surface area contributed by atoms with Crippen LogP contribution in [0.25, 0.3) is 0 Å². The molecule has 76 valence electrons. The lowest BCUT2D eigenvalue weighted by Gasteiger charge is -2.31. The van der Waals surface area contributed by atoms with Gasteiger partial charge in [-0.1, -0.05) is 6.42 Å². The molecule has 1 unspecified atom stereocenters. The molecule has 1 atom stereocenters. The van der Waals surface area contributed by atoms with E-state index in [1.807, 2.05) is 0 Å². The van der Waals surface area contributed by atoms with Gasteiger partial charge in [0.1, 0.15) is 0 Å². The molecule has 0 bridgehead atoms. The average molecular weight is 295 g/mol. The van der Waals surface area contributed by atoms with Crippen LogP contribution in [-0.2, 0) is 0 Å². The molecule has 3 nitrogen and oxygen atoms in total. The van der Waals surface area contributed by atoms with Crippen molar-refractivity contribution in [2.75, 3.05) is 6.54 Å². The Morgan fingerprint density at radius 3 is 2.23 bits per heavy atom. The first-order valence-electron chi connectivity index (χ1n) is 4.93. The van der Waals surface area contributed by atoms with E-state index >= 15 is 0 Å². The SMILES string of the molecule is NC(N)=[N+]1CCCC1C1CCC1.[I-]. The maximum atomic E-state index is 5.63.